The molecule has 0 atom stereocenters. The number of piperidine rings is 1. The Morgan fingerprint density at radius 3 is 2.67 bits per heavy atom. The van der Waals surface area contributed by atoms with Crippen LogP contribution in [0.5, 0.6) is 0 Å². The van der Waals surface area contributed by atoms with Gasteiger partial charge in [-0.05, 0) is 38.9 Å². The number of hydrogen-bond donors (Lipinski definition) is 0. The van der Waals surface area contributed by atoms with Crippen LogP contribution < -0.4 is 4.90 Å². The summed E-state index contributed by atoms with van der Waals surface area (Å²) in [6.07, 6.45) is 3.82. The quantitative estimate of drug-likeness (QED) is 0.774. The molecule has 2 fully saturated rings. The van der Waals surface area contributed by atoms with Crippen LogP contribution in [-0.2, 0) is 4.74 Å². The monoisotopic (exact) mass is 289 g/mol. The van der Waals surface area contributed by atoms with Crippen molar-refractivity contribution in [2.45, 2.75) is 25.4 Å². The summed E-state index contributed by atoms with van der Waals surface area (Å²) in [6, 6.07) is 3.81. The zero-order valence-corrected chi connectivity index (χ0v) is 12.8. The third-order valence-electron chi connectivity index (χ3n) is 4.63. The van der Waals surface area contributed by atoms with Gasteiger partial charge in [0, 0.05) is 37.9 Å². The number of nitrogens with zero attached hydrogens (tertiary/aromatic N) is 3. The highest BCUT2D eigenvalue weighted by atomic mass is 16.5. The Kier molecular flexibility index (Phi) is 3.95. The van der Waals surface area contributed by atoms with E-state index in [1.165, 1.54) is 0 Å². The number of ether oxygens (including phenoxy) is 1. The molecule has 1 aromatic rings. The maximum atomic E-state index is 11.3. The third kappa shape index (κ3) is 3.09. The van der Waals surface area contributed by atoms with Crippen LogP contribution in [-0.4, -0.2) is 61.1 Å². The van der Waals surface area contributed by atoms with Crippen molar-refractivity contribution in [2.24, 2.45) is 0 Å². The van der Waals surface area contributed by atoms with Gasteiger partial charge in [0.1, 0.15) is 5.82 Å². The summed E-state index contributed by atoms with van der Waals surface area (Å²) < 4.78 is 6.12. The summed E-state index contributed by atoms with van der Waals surface area (Å²) in [4.78, 5) is 20.4. The molecule has 0 radical (unpaired) electrons. The van der Waals surface area contributed by atoms with Crippen molar-refractivity contribution in [3.63, 3.8) is 0 Å². The van der Waals surface area contributed by atoms with Gasteiger partial charge in [0.15, 0.2) is 5.78 Å². The van der Waals surface area contributed by atoms with Gasteiger partial charge in [-0.2, -0.15) is 0 Å². The van der Waals surface area contributed by atoms with Gasteiger partial charge in [-0.15, -0.1) is 0 Å². The second kappa shape index (κ2) is 5.73. The molecule has 5 heteroatoms. The first-order chi connectivity index (χ1) is 10.1. The smallest absolute Gasteiger partial charge is 0.161 e. The number of carbonyl (C=O) groups is 1. The van der Waals surface area contributed by atoms with E-state index in [2.05, 4.69) is 21.8 Å². The molecule has 5 nitrogen and oxygen atoms in total. The van der Waals surface area contributed by atoms with Crippen molar-refractivity contribution in [1.82, 2.24) is 9.88 Å². The van der Waals surface area contributed by atoms with Crippen LogP contribution in [0.15, 0.2) is 18.3 Å². The molecule has 114 valence electrons. The average Bonchev–Trinajstić information content (AvgIpc) is 2.51. The van der Waals surface area contributed by atoms with Crippen LogP contribution in [0.1, 0.15) is 30.1 Å². The molecule has 0 bridgehead atoms. The maximum absolute atomic E-state index is 11.3. The molecular formula is C16H23N3O2. The van der Waals surface area contributed by atoms with Crippen molar-refractivity contribution in [3.8, 4) is 0 Å². The molecule has 3 heterocycles. The van der Waals surface area contributed by atoms with Gasteiger partial charge < -0.3 is 14.5 Å². The first-order valence-corrected chi connectivity index (χ1v) is 7.62. The third-order valence-corrected chi connectivity index (χ3v) is 4.63. The van der Waals surface area contributed by atoms with E-state index in [0.29, 0.717) is 5.56 Å². The number of ketones is 1. The molecule has 3 rings (SSSR count). The number of anilines is 1. The highest BCUT2D eigenvalue weighted by molar-refractivity contribution is 5.93. The first kappa shape index (κ1) is 14.5. The van der Waals surface area contributed by atoms with E-state index in [9.17, 15) is 4.79 Å². The standard InChI is InChI=1S/C16H23N3O2/c1-13(20)14-3-4-15(17-11-14)19-9-10-21-16(12-19)5-7-18(2)8-6-16/h3-4,11H,5-10,12H2,1-2H3. The lowest BCUT2D eigenvalue weighted by atomic mass is 9.89. The molecule has 2 aliphatic heterocycles. The van der Waals surface area contributed by atoms with Crippen molar-refractivity contribution >= 4 is 11.6 Å². The molecule has 2 saturated heterocycles. The lowest BCUT2D eigenvalue weighted by molar-refractivity contribution is -0.0884. The second-order valence-electron chi connectivity index (χ2n) is 6.22. The molecule has 0 N–H and O–H groups in total. The fourth-order valence-electron chi connectivity index (χ4n) is 3.15. The predicted octanol–water partition coefficient (Wildman–Crippen LogP) is 1.59. The van der Waals surface area contributed by atoms with Gasteiger partial charge in [0.2, 0.25) is 0 Å². The molecule has 21 heavy (non-hydrogen) atoms. The summed E-state index contributed by atoms with van der Waals surface area (Å²) in [7, 11) is 2.16. The minimum absolute atomic E-state index is 0.0221. The van der Waals surface area contributed by atoms with Crippen LogP contribution in [0.3, 0.4) is 0 Å². The van der Waals surface area contributed by atoms with E-state index in [1.807, 2.05) is 12.1 Å². The van der Waals surface area contributed by atoms with Crippen LogP contribution in [0.4, 0.5) is 5.82 Å². The van der Waals surface area contributed by atoms with E-state index in [-0.39, 0.29) is 11.4 Å². The molecule has 0 amide bonds. The summed E-state index contributed by atoms with van der Waals surface area (Å²) in [5.41, 5.74) is 0.645. The number of morpholine rings is 1. The van der Waals surface area contributed by atoms with Crippen molar-refractivity contribution in [2.75, 3.05) is 44.7 Å². The summed E-state index contributed by atoms with van der Waals surface area (Å²) in [6.45, 7) is 6.26. The van der Waals surface area contributed by atoms with E-state index in [1.54, 1.807) is 13.1 Å². The van der Waals surface area contributed by atoms with Gasteiger partial charge in [-0.1, -0.05) is 0 Å². The van der Waals surface area contributed by atoms with Crippen LogP contribution >= 0.6 is 0 Å². The number of aromatic nitrogens is 1. The second-order valence-corrected chi connectivity index (χ2v) is 6.22. The molecule has 0 aromatic carbocycles. The fraction of sp³-hybridized carbons (Fsp3) is 0.625. The lowest BCUT2D eigenvalue weighted by Crippen LogP contribution is -2.56. The Morgan fingerprint density at radius 1 is 1.29 bits per heavy atom. The summed E-state index contributed by atoms with van der Waals surface area (Å²) >= 11 is 0. The number of hydrogen-bond acceptors (Lipinski definition) is 5. The fourth-order valence-corrected chi connectivity index (χ4v) is 3.15. The van der Waals surface area contributed by atoms with E-state index in [0.717, 1.165) is 51.4 Å². The highest BCUT2D eigenvalue weighted by Crippen LogP contribution is 2.31. The van der Waals surface area contributed by atoms with Gasteiger partial charge in [-0.25, -0.2) is 4.98 Å². The number of Topliss-reactive ketones (excluding diaryl/α,β-unsaturated/α-hetero) is 1. The zero-order chi connectivity index (χ0) is 14.9. The Labute approximate surface area is 125 Å². The lowest BCUT2D eigenvalue weighted by Gasteiger charge is -2.47. The number of pyridine rings is 1. The van der Waals surface area contributed by atoms with Gasteiger partial charge >= 0.3 is 0 Å². The molecule has 0 aliphatic carbocycles. The molecule has 1 aromatic heterocycles. The molecule has 1 spiro atoms. The molecular weight excluding hydrogens is 266 g/mol. The minimum atomic E-state index is -0.0221. The SMILES string of the molecule is CC(=O)c1ccc(N2CCOC3(CCN(C)CC3)C2)nc1. The Hall–Kier alpha value is -1.46. The zero-order valence-electron chi connectivity index (χ0n) is 12.8. The Balaban J connectivity index is 1.72. The summed E-state index contributed by atoms with van der Waals surface area (Å²) in [5.74, 6) is 1.00. The van der Waals surface area contributed by atoms with E-state index < -0.39 is 0 Å². The van der Waals surface area contributed by atoms with Crippen molar-refractivity contribution in [3.05, 3.63) is 23.9 Å². The van der Waals surface area contributed by atoms with Gasteiger partial charge in [-0.3, -0.25) is 4.79 Å². The number of likely N-dealkylation sites (tertiary alicyclic amines) is 1. The molecule has 0 unspecified atom stereocenters. The van der Waals surface area contributed by atoms with E-state index in [4.69, 9.17) is 4.74 Å². The first-order valence-electron chi connectivity index (χ1n) is 7.62. The van der Waals surface area contributed by atoms with Crippen LogP contribution in [0.2, 0.25) is 0 Å². The minimum Gasteiger partial charge on any atom is -0.371 e. The average molecular weight is 289 g/mol. The van der Waals surface area contributed by atoms with Gasteiger partial charge in [0.25, 0.3) is 0 Å². The van der Waals surface area contributed by atoms with Crippen LogP contribution in [0, 0.1) is 0 Å². The Morgan fingerprint density at radius 2 is 2.05 bits per heavy atom. The highest BCUT2D eigenvalue weighted by Gasteiger charge is 2.39. The maximum Gasteiger partial charge on any atom is 0.161 e. The molecule has 2 aliphatic rings. The van der Waals surface area contributed by atoms with Crippen LogP contribution in [0.25, 0.3) is 0 Å². The largest absolute Gasteiger partial charge is 0.371 e. The van der Waals surface area contributed by atoms with E-state index >= 15 is 0 Å². The normalized spacial score (nSPS) is 22.5. The Bertz CT molecular complexity index is 507. The predicted molar refractivity (Wildman–Crippen MR) is 81.9 cm³/mol. The summed E-state index contributed by atoms with van der Waals surface area (Å²) in [5, 5.41) is 0. The topological polar surface area (TPSA) is 45.7 Å². The molecule has 0 saturated carbocycles. The number of rotatable bonds is 2. The van der Waals surface area contributed by atoms with Crippen molar-refractivity contribution in [1.29, 1.82) is 0 Å². The van der Waals surface area contributed by atoms with Gasteiger partial charge in [0.05, 0.1) is 12.2 Å². The number of carbonyl (C=O) groups excluding carboxylic acids is 1. The van der Waals surface area contributed by atoms with Crippen molar-refractivity contribution < 1.29 is 9.53 Å².